The van der Waals surface area contributed by atoms with Gasteiger partial charge in [-0.1, -0.05) is 6.07 Å². The summed E-state index contributed by atoms with van der Waals surface area (Å²) in [6.07, 6.45) is 4.61. The fourth-order valence-corrected chi connectivity index (χ4v) is 1.63. The van der Waals surface area contributed by atoms with Gasteiger partial charge in [0.1, 0.15) is 0 Å². The molecule has 0 atom stereocenters. The Kier molecular flexibility index (Phi) is 7.49. The third kappa shape index (κ3) is 6.27. The molecule has 0 aromatic heterocycles. The number of phenols is 1. The number of carbonyl (C=O) groups excluding carboxylic acids is 1. The number of hydrogen-bond acceptors (Lipinski definition) is 5. The molecule has 0 unspecified atom stereocenters. The van der Waals surface area contributed by atoms with Crippen molar-refractivity contribution < 1.29 is 14.6 Å². The van der Waals surface area contributed by atoms with E-state index in [1.165, 1.54) is 19.3 Å². The fourth-order valence-electron chi connectivity index (χ4n) is 1.63. The molecule has 0 aliphatic rings. The van der Waals surface area contributed by atoms with Crippen molar-refractivity contribution in [2.75, 3.05) is 20.2 Å². The SMILES string of the molecule is COc1cc(C=CC(=O)NC(N)=NCCCCN)ccc1O. The van der Waals surface area contributed by atoms with Crippen LogP contribution < -0.4 is 21.5 Å². The van der Waals surface area contributed by atoms with Gasteiger partial charge in [0.2, 0.25) is 0 Å². The zero-order valence-corrected chi connectivity index (χ0v) is 12.6. The lowest BCUT2D eigenvalue weighted by Gasteiger charge is -2.04. The van der Waals surface area contributed by atoms with Gasteiger partial charge in [0, 0.05) is 12.6 Å². The Morgan fingerprint density at radius 2 is 2.23 bits per heavy atom. The van der Waals surface area contributed by atoms with Crippen LogP contribution in [-0.4, -0.2) is 37.2 Å². The first-order valence-corrected chi connectivity index (χ1v) is 6.93. The largest absolute Gasteiger partial charge is 0.504 e. The summed E-state index contributed by atoms with van der Waals surface area (Å²) in [6.45, 7) is 1.14. The van der Waals surface area contributed by atoms with Crippen LogP contribution in [-0.2, 0) is 4.79 Å². The highest BCUT2D eigenvalue weighted by atomic mass is 16.5. The van der Waals surface area contributed by atoms with Crippen LogP contribution in [0.15, 0.2) is 29.3 Å². The van der Waals surface area contributed by atoms with Crippen molar-refractivity contribution in [3.8, 4) is 11.5 Å². The van der Waals surface area contributed by atoms with Crippen molar-refractivity contribution in [3.63, 3.8) is 0 Å². The molecule has 1 aromatic rings. The molecule has 7 nitrogen and oxygen atoms in total. The number of nitrogens with zero attached hydrogens (tertiary/aromatic N) is 1. The highest BCUT2D eigenvalue weighted by molar-refractivity contribution is 6.03. The number of aliphatic imine (C=N–C) groups is 1. The Morgan fingerprint density at radius 3 is 2.91 bits per heavy atom. The molecule has 0 saturated heterocycles. The number of phenolic OH excluding ortho intramolecular Hbond substituents is 1. The summed E-state index contributed by atoms with van der Waals surface area (Å²) in [7, 11) is 1.46. The third-order valence-corrected chi connectivity index (χ3v) is 2.78. The number of nitrogens with one attached hydrogen (secondary N) is 1. The number of aromatic hydroxyl groups is 1. The molecule has 1 rings (SSSR count). The summed E-state index contributed by atoms with van der Waals surface area (Å²) in [5.74, 6) is 0.0728. The highest BCUT2D eigenvalue weighted by Gasteiger charge is 2.02. The normalized spacial score (nSPS) is 11.6. The van der Waals surface area contributed by atoms with E-state index in [0.717, 1.165) is 12.8 Å². The van der Waals surface area contributed by atoms with Gasteiger partial charge in [-0.15, -0.1) is 0 Å². The number of unbranched alkanes of at least 4 members (excludes halogenated alkanes) is 1. The fraction of sp³-hybridized carbons (Fsp3) is 0.333. The minimum Gasteiger partial charge on any atom is -0.504 e. The summed E-state index contributed by atoms with van der Waals surface area (Å²) in [5.41, 5.74) is 11.7. The molecule has 6 N–H and O–H groups in total. The molecule has 0 aliphatic heterocycles. The molecule has 0 radical (unpaired) electrons. The minimum atomic E-state index is -0.382. The molecular formula is C15H22N4O3. The number of rotatable bonds is 7. The topological polar surface area (TPSA) is 123 Å². The van der Waals surface area contributed by atoms with E-state index in [-0.39, 0.29) is 17.6 Å². The molecule has 1 amide bonds. The van der Waals surface area contributed by atoms with Gasteiger partial charge in [0.15, 0.2) is 17.5 Å². The summed E-state index contributed by atoms with van der Waals surface area (Å²) in [6, 6.07) is 4.76. The Bertz CT molecular complexity index is 556. The number of methoxy groups -OCH3 is 1. The van der Waals surface area contributed by atoms with E-state index in [4.69, 9.17) is 16.2 Å². The summed E-state index contributed by atoms with van der Waals surface area (Å²) >= 11 is 0. The van der Waals surface area contributed by atoms with E-state index in [1.807, 2.05) is 0 Å². The lowest BCUT2D eigenvalue weighted by molar-refractivity contribution is -0.115. The van der Waals surface area contributed by atoms with Gasteiger partial charge in [-0.2, -0.15) is 0 Å². The molecule has 7 heteroatoms. The monoisotopic (exact) mass is 306 g/mol. The maximum atomic E-state index is 11.7. The van der Waals surface area contributed by atoms with Crippen molar-refractivity contribution in [1.29, 1.82) is 0 Å². The van der Waals surface area contributed by atoms with E-state index in [1.54, 1.807) is 18.2 Å². The first kappa shape index (κ1) is 17.5. The second kappa shape index (κ2) is 9.41. The Hall–Kier alpha value is -2.54. The summed E-state index contributed by atoms with van der Waals surface area (Å²) in [5, 5.41) is 11.9. The molecule has 0 spiro atoms. The average Bonchev–Trinajstić information content (AvgIpc) is 2.50. The molecule has 0 aliphatic carbocycles. The molecule has 1 aromatic carbocycles. The van der Waals surface area contributed by atoms with Gasteiger partial charge in [0.05, 0.1) is 7.11 Å². The first-order valence-electron chi connectivity index (χ1n) is 6.93. The second-order valence-corrected chi connectivity index (χ2v) is 4.52. The van der Waals surface area contributed by atoms with E-state index >= 15 is 0 Å². The van der Waals surface area contributed by atoms with Crippen LogP contribution in [0.3, 0.4) is 0 Å². The molecule has 0 fully saturated rings. The molecule has 0 heterocycles. The Balaban J connectivity index is 2.53. The predicted molar refractivity (Wildman–Crippen MR) is 86.6 cm³/mol. The van der Waals surface area contributed by atoms with Crippen LogP contribution in [0.4, 0.5) is 0 Å². The molecule has 0 saturated carbocycles. The lowest BCUT2D eigenvalue weighted by atomic mass is 10.2. The number of nitrogens with two attached hydrogens (primary N) is 2. The van der Waals surface area contributed by atoms with Crippen molar-refractivity contribution in [3.05, 3.63) is 29.8 Å². The van der Waals surface area contributed by atoms with Crippen LogP contribution in [0.1, 0.15) is 18.4 Å². The standard InChI is InChI=1S/C15H22N4O3/c1-22-13-10-11(4-6-12(13)20)5-7-14(21)19-15(17)18-9-3-2-8-16/h4-7,10,20H,2-3,8-9,16H2,1H3,(H3,17,18,19,21). The van der Waals surface area contributed by atoms with E-state index in [0.29, 0.717) is 24.4 Å². The van der Waals surface area contributed by atoms with Gasteiger partial charge >= 0.3 is 0 Å². The van der Waals surface area contributed by atoms with Gasteiger partial charge in [-0.25, -0.2) is 0 Å². The molecule has 120 valence electrons. The number of hydrogen-bond donors (Lipinski definition) is 4. The number of guanidine groups is 1. The number of benzene rings is 1. The van der Waals surface area contributed by atoms with Crippen LogP contribution in [0.25, 0.3) is 6.08 Å². The second-order valence-electron chi connectivity index (χ2n) is 4.52. The summed E-state index contributed by atoms with van der Waals surface area (Å²) in [4.78, 5) is 15.7. The van der Waals surface area contributed by atoms with Crippen molar-refractivity contribution in [2.24, 2.45) is 16.5 Å². The van der Waals surface area contributed by atoms with Crippen molar-refractivity contribution in [1.82, 2.24) is 5.32 Å². The van der Waals surface area contributed by atoms with Crippen LogP contribution in [0, 0.1) is 0 Å². The zero-order chi connectivity index (χ0) is 16.4. The van der Waals surface area contributed by atoms with E-state index in [9.17, 15) is 9.90 Å². The highest BCUT2D eigenvalue weighted by Crippen LogP contribution is 2.26. The van der Waals surface area contributed by atoms with Crippen LogP contribution in [0.2, 0.25) is 0 Å². The third-order valence-electron chi connectivity index (χ3n) is 2.78. The lowest BCUT2D eigenvalue weighted by Crippen LogP contribution is -2.35. The van der Waals surface area contributed by atoms with Crippen LogP contribution >= 0.6 is 0 Å². The number of amides is 1. The van der Waals surface area contributed by atoms with E-state index in [2.05, 4.69) is 10.3 Å². The average molecular weight is 306 g/mol. The molecule has 22 heavy (non-hydrogen) atoms. The molecule has 0 bridgehead atoms. The minimum absolute atomic E-state index is 0.0398. The summed E-state index contributed by atoms with van der Waals surface area (Å²) < 4.78 is 4.99. The first-order chi connectivity index (χ1) is 10.6. The van der Waals surface area contributed by atoms with Gasteiger partial charge in [-0.3, -0.25) is 15.1 Å². The number of carbonyl (C=O) groups is 1. The van der Waals surface area contributed by atoms with Gasteiger partial charge < -0.3 is 21.3 Å². The predicted octanol–water partition coefficient (Wildman–Crippen LogP) is 0.584. The van der Waals surface area contributed by atoms with Crippen molar-refractivity contribution >= 4 is 17.9 Å². The van der Waals surface area contributed by atoms with E-state index < -0.39 is 0 Å². The Morgan fingerprint density at radius 1 is 1.45 bits per heavy atom. The number of ether oxygens (including phenoxy) is 1. The van der Waals surface area contributed by atoms with Crippen LogP contribution in [0.5, 0.6) is 11.5 Å². The maximum absolute atomic E-state index is 11.7. The molecular weight excluding hydrogens is 284 g/mol. The smallest absolute Gasteiger partial charge is 0.250 e. The van der Waals surface area contributed by atoms with Gasteiger partial charge in [0.25, 0.3) is 5.91 Å². The maximum Gasteiger partial charge on any atom is 0.250 e. The zero-order valence-electron chi connectivity index (χ0n) is 12.6. The quantitative estimate of drug-likeness (QED) is 0.254. The van der Waals surface area contributed by atoms with Crippen molar-refractivity contribution in [2.45, 2.75) is 12.8 Å². The van der Waals surface area contributed by atoms with Gasteiger partial charge in [-0.05, 0) is 43.2 Å². The Labute approximate surface area is 129 Å².